The van der Waals surface area contributed by atoms with Gasteiger partial charge in [0.25, 0.3) is 11.7 Å². The molecule has 36 heavy (non-hydrogen) atoms. The van der Waals surface area contributed by atoms with Crippen molar-refractivity contribution in [3.63, 3.8) is 0 Å². The fraction of sp³-hybridized carbons (Fsp3) is 0.214. The molecule has 3 aromatic carbocycles. The van der Waals surface area contributed by atoms with E-state index in [0.29, 0.717) is 46.0 Å². The number of aliphatic hydroxyl groups is 1. The number of rotatable bonds is 7. The van der Waals surface area contributed by atoms with Crippen LogP contribution in [0.3, 0.4) is 0 Å². The lowest BCUT2D eigenvalue weighted by molar-refractivity contribution is -0.132. The number of nitrogens with zero attached hydrogens (tertiary/aromatic N) is 1. The third-order valence-corrected chi connectivity index (χ3v) is 6.18. The van der Waals surface area contributed by atoms with Crippen LogP contribution < -0.4 is 14.4 Å². The van der Waals surface area contributed by atoms with E-state index < -0.39 is 17.7 Å². The number of benzene rings is 3. The molecule has 1 amide bonds. The summed E-state index contributed by atoms with van der Waals surface area (Å²) in [5.74, 6) is -1.08. The zero-order valence-electron chi connectivity index (χ0n) is 20.0. The Balaban J connectivity index is 1.97. The number of halogens is 2. The average Bonchev–Trinajstić information content (AvgIpc) is 3.09. The summed E-state index contributed by atoms with van der Waals surface area (Å²) in [6.45, 7) is 6.36. The highest BCUT2D eigenvalue weighted by Gasteiger charge is 2.47. The summed E-state index contributed by atoms with van der Waals surface area (Å²) in [7, 11) is 0. The molecule has 1 unspecified atom stereocenters. The summed E-state index contributed by atoms with van der Waals surface area (Å²) >= 11 is 12.5. The number of Topliss-reactive ketones (excluding diaryl/α,β-unsaturated/α-hetero) is 1. The Kier molecular flexibility index (Phi) is 7.57. The highest BCUT2D eigenvalue weighted by Crippen LogP contribution is 2.44. The van der Waals surface area contributed by atoms with Gasteiger partial charge in [0.2, 0.25) is 0 Å². The highest BCUT2D eigenvalue weighted by molar-refractivity contribution is 6.52. The van der Waals surface area contributed by atoms with Gasteiger partial charge in [0, 0.05) is 21.8 Å². The normalized spacial score (nSPS) is 16.9. The van der Waals surface area contributed by atoms with Gasteiger partial charge in [-0.1, -0.05) is 53.0 Å². The molecule has 8 heteroatoms. The number of aliphatic hydroxyl groups excluding tert-OH is 1. The van der Waals surface area contributed by atoms with Crippen molar-refractivity contribution in [2.75, 3.05) is 18.1 Å². The molecule has 186 valence electrons. The number of ether oxygens (including phenoxy) is 2. The van der Waals surface area contributed by atoms with Gasteiger partial charge in [0.05, 0.1) is 30.4 Å². The van der Waals surface area contributed by atoms with E-state index in [9.17, 15) is 14.7 Å². The van der Waals surface area contributed by atoms with Crippen molar-refractivity contribution in [2.24, 2.45) is 0 Å². The Hall–Kier alpha value is -3.48. The first-order valence-corrected chi connectivity index (χ1v) is 12.2. The number of hydrogen-bond acceptors (Lipinski definition) is 5. The van der Waals surface area contributed by atoms with Crippen LogP contribution in [0.4, 0.5) is 5.69 Å². The molecule has 1 aliphatic heterocycles. The van der Waals surface area contributed by atoms with Gasteiger partial charge in [-0.05, 0) is 56.7 Å². The SMILES string of the molecule is CCOc1ccc(/C(O)=C2/C(=O)C(=O)N(c3cc(Cl)cc(Cl)c3)C2c2cccc(C)c2)c(OCC)c1. The topological polar surface area (TPSA) is 76.1 Å². The van der Waals surface area contributed by atoms with E-state index in [1.807, 2.05) is 39.0 Å². The largest absolute Gasteiger partial charge is 0.507 e. The molecule has 4 rings (SSSR count). The molecule has 1 aliphatic rings. The fourth-order valence-corrected chi connectivity index (χ4v) is 4.82. The molecule has 0 saturated carbocycles. The molecule has 0 radical (unpaired) electrons. The van der Waals surface area contributed by atoms with Crippen LogP contribution in [0.1, 0.15) is 36.6 Å². The van der Waals surface area contributed by atoms with Crippen LogP contribution in [0.5, 0.6) is 11.5 Å². The molecular formula is C28H25Cl2NO5. The first-order chi connectivity index (χ1) is 17.2. The molecular weight excluding hydrogens is 501 g/mol. The zero-order valence-corrected chi connectivity index (χ0v) is 21.6. The van der Waals surface area contributed by atoms with Gasteiger partial charge >= 0.3 is 0 Å². The summed E-state index contributed by atoms with van der Waals surface area (Å²) in [5, 5.41) is 12.1. The average molecular weight is 526 g/mol. The van der Waals surface area contributed by atoms with E-state index in [2.05, 4.69) is 0 Å². The Morgan fingerprint density at radius 3 is 2.28 bits per heavy atom. The number of hydrogen-bond donors (Lipinski definition) is 1. The van der Waals surface area contributed by atoms with Crippen molar-refractivity contribution in [3.05, 3.63) is 93.0 Å². The molecule has 1 saturated heterocycles. The first kappa shape index (κ1) is 25.6. The second kappa shape index (κ2) is 10.6. The minimum absolute atomic E-state index is 0.0631. The number of amides is 1. The number of ketones is 1. The lowest BCUT2D eigenvalue weighted by Crippen LogP contribution is -2.29. The lowest BCUT2D eigenvalue weighted by atomic mass is 9.94. The minimum Gasteiger partial charge on any atom is -0.507 e. The maximum absolute atomic E-state index is 13.4. The van der Waals surface area contributed by atoms with E-state index in [-0.39, 0.29) is 16.9 Å². The van der Waals surface area contributed by atoms with E-state index >= 15 is 0 Å². The molecule has 0 aromatic heterocycles. The Labute approximate surface area is 219 Å². The van der Waals surface area contributed by atoms with Crippen LogP contribution in [-0.4, -0.2) is 30.0 Å². The smallest absolute Gasteiger partial charge is 0.300 e. The van der Waals surface area contributed by atoms with E-state index in [0.717, 1.165) is 5.56 Å². The maximum Gasteiger partial charge on any atom is 0.300 e. The van der Waals surface area contributed by atoms with Crippen LogP contribution in [-0.2, 0) is 9.59 Å². The van der Waals surface area contributed by atoms with Crippen molar-refractivity contribution >= 4 is 46.3 Å². The number of aryl methyl sites for hydroxylation is 1. The fourth-order valence-electron chi connectivity index (χ4n) is 4.31. The molecule has 1 fully saturated rings. The highest BCUT2D eigenvalue weighted by atomic mass is 35.5. The molecule has 0 spiro atoms. The van der Waals surface area contributed by atoms with Crippen LogP contribution in [0.2, 0.25) is 10.0 Å². The third-order valence-electron chi connectivity index (χ3n) is 5.75. The molecule has 6 nitrogen and oxygen atoms in total. The van der Waals surface area contributed by atoms with Crippen LogP contribution in [0, 0.1) is 6.92 Å². The van der Waals surface area contributed by atoms with Crippen LogP contribution >= 0.6 is 23.2 Å². The van der Waals surface area contributed by atoms with Gasteiger partial charge < -0.3 is 14.6 Å². The number of carbonyl (C=O) groups excluding carboxylic acids is 2. The third kappa shape index (κ3) is 4.92. The van der Waals surface area contributed by atoms with Gasteiger partial charge in [0.1, 0.15) is 17.3 Å². The molecule has 1 heterocycles. The summed E-state index contributed by atoms with van der Waals surface area (Å²) in [5.41, 5.74) is 2.14. The second-order valence-electron chi connectivity index (χ2n) is 8.23. The standard InChI is InChI=1S/C28H25Cl2NO5/c1-4-35-21-9-10-22(23(15-21)36-5-2)26(32)24-25(17-8-6-7-16(3)11-17)31(28(34)27(24)33)20-13-18(29)12-19(30)14-20/h6-15,25,32H,4-5H2,1-3H3/b26-24-. The molecule has 0 aliphatic carbocycles. The van der Waals surface area contributed by atoms with Gasteiger partial charge in [-0.3, -0.25) is 14.5 Å². The van der Waals surface area contributed by atoms with E-state index in [1.54, 1.807) is 42.5 Å². The summed E-state index contributed by atoms with van der Waals surface area (Å²) in [6, 6.07) is 16.1. The Bertz CT molecular complexity index is 1350. The molecule has 1 atom stereocenters. The van der Waals surface area contributed by atoms with Crippen molar-refractivity contribution in [3.8, 4) is 11.5 Å². The minimum atomic E-state index is -0.916. The number of anilines is 1. The van der Waals surface area contributed by atoms with E-state index in [4.69, 9.17) is 32.7 Å². The van der Waals surface area contributed by atoms with Crippen molar-refractivity contribution in [1.82, 2.24) is 0 Å². The Morgan fingerprint density at radius 2 is 1.64 bits per heavy atom. The molecule has 0 bridgehead atoms. The first-order valence-electron chi connectivity index (χ1n) is 11.5. The van der Waals surface area contributed by atoms with E-state index in [1.165, 1.54) is 4.90 Å². The quantitative estimate of drug-likeness (QED) is 0.210. The Morgan fingerprint density at radius 1 is 0.944 bits per heavy atom. The summed E-state index contributed by atoms with van der Waals surface area (Å²) in [4.78, 5) is 28.1. The van der Waals surface area contributed by atoms with Crippen molar-refractivity contribution in [2.45, 2.75) is 26.8 Å². The van der Waals surface area contributed by atoms with Crippen molar-refractivity contribution < 1.29 is 24.2 Å². The van der Waals surface area contributed by atoms with Gasteiger partial charge in [0.15, 0.2) is 0 Å². The predicted molar refractivity (Wildman–Crippen MR) is 141 cm³/mol. The van der Waals surface area contributed by atoms with Crippen molar-refractivity contribution in [1.29, 1.82) is 0 Å². The van der Waals surface area contributed by atoms with Gasteiger partial charge in [-0.15, -0.1) is 0 Å². The second-order valence-corrected chi connectivity index (χ2v) is 9.11. The zero-order chi connectivity index (χ0) is 26.0. The molecule has 3 aromatic rings. The van der Waals surface area contributed by atoms with Crippen LogP contribution in [0.15, 0.2) is 66.2 Å². The number of carbonyl (C=O) groups is 2. The van der Waals surface area contributed by atoms with Gasteiger partial charge in [-0.2, -0.15) is 0 Å². The monoisotopic (exact) mass is 525 g/mol. The van der Waals surface area contributed by atoms with Crippen LogP contribution in [0.25, 0.3) is 5.76 Å². The summed E-state index contributed by atoms with van der Waals surface area (Å²) in [6.07, 6.45) is 0. The summed E-state index contributed by atoms with van der Waals surface area (Å²) < 4.78 is 11.3. The predicted octanol–water partition coefficient (Wildman–Crippen LogP) is 6.73. The lowest BCUT2D eigenvalue weighted by Gasteiger charge is -2.26. The van der Waals surface area contributed by atoms with Gasteiger partial charge in [-0.25, -0.2) is 0 Å². The molecule has 1 N–H and O–H groups in total. The maximum atomic E-state index is 13.4.